The van der Waals surface area contributed by atoms with Crippen LogP contribution >= 0.6 is 0 Å². The van der Waals surface area contributed by atoms with E-state index in [-0.39, 0.29) is 0 Å². The van der Waals surface area contributed by atoms with Crippen molar-refractivity contribution < 1.29 is 0 Å². The molecule has 3 nitrogen and oxygen atoms in total. The van der Waals surface area contributed by atoms with Crippen LogP contribution in [0.1, 0.15) is 11.1 Å². The minimum Gasteiger partial charge on any atom is -0.397 e. The van der Waals surface area contributed by atoms with Gasteiger partial charge in [0.05, 0.1) is 11.4 Å². The van der Waals surface area contributed by atoms with E-state index in [9.17, 15) is 0 Å². The molecular weight excluding hydrogens is 138 g/mol. The zero-order valence-electron chi connectivity index (χ0n) is 6.81. The molecule has 0 saturated heterocycles. The lowest BCUT2D eigenvalue weighted by Crippen LogP contribution is -2.09. The van der Waals surface area contributed by atoms with E-state index in [1.165, 1.54) is 11.1 Å². The lowest BCUT2D eigenvalue weighted by molar-refractivity contribution is 1.30. The minimum atomic E-state index is 0.690. The van der Waals surface area contributed by atoms with Crippen LogP contribution in [0.3, 0.4) is 0 Å². The molecule has 1 aromatic rings. The van der Waals surface area contributed by atoms with Gasteiger partial charge in [0, 0.05) is 0 Å². The van der Waals surface area contributed by atoms with Crippen molar-refractivity contribution in [3.8, 4) is 0 Å². The Morgan fingerprint density at radius 1 is 1.18 bits per heavy atom. The zero-order valence-corrected chi connectivity index (χ0v) is 6.81. The SMILES string of the molecule is Cc1cc(N)c(NN)cc1C. The summed E-state index contributed by atoms with van der Waals surface area (Å²) in [6.45, 7) is 4.04. The molecule has 0 aliphatic rings. The summed E-state index contributed by atoms with van der Waals surface area (Å²) >= 11 is 0. The van der Waals surface area contributed by atoms with Crippen molar-refractivity contribution >= 4 is 11.4 Å². The van der Waals surface area contributed by atoms with Crippen LogP contribution in [0, 0.1) is 13.8 Å². The third-order valence-electron chi connectivity index (χ3n) is 1.82. The van der Waals surface area contributed by atoms with Gasteiger partial charge in [-0.3, -0.25) is 5.84 Å². The molecule has 0 aliphatic heterocycles. The number of nitrogens with two attached hydrogens (primary N) is 2. The molecule has 1 aromatic carbocycles. The molecule has 0 bridgehead atoms. The summed E-state index contributed by atoms with van der Waals surface area (Å²) < 4.78 is 0. The highest BCUT2D eigenvalue weighted by molar-refractivity contribution is 5.67. The van der Waals surface area contributed by atoms with Crippen LogP contribution in [-0.2, 0) is 0 Å². The van der Waals surface area contributed by atoms with E-state index in [1.54, 1.807) is 0 Å². The number of nitrogens with one attached hydrogen (secondary N) is 1. The molecule has 1 rings (SSSR count). The van der Waals surface area contributed by atoms with Crippen molar-refractivity contribution in [3.05, 3.63) is 23.3 Å². The molecule has 5 N–H and O–H groups in total. The number of anilines is 2. The lowest BCUT2D eigenvalue weighted by Gasteiger charge is -2.07. The predicted octanol–water partition coefficient (Wildman–Crippen LogP) is 1.17. The molecule has 11 heavy (non-hydrogen) atoms. The number of rotatable bonds is 1. The first-order valence-corrected chi connectivity index (χ1v) is 3.48. The highest BCUT2D eigenvalue weighted by Crippen LogP contribution is 2.21. The van der Waals surface area contributed by atoms with Crippen molar-refractivity contribution in [2.45, 2.75) is 13.8 Å². The normalized spacial score (nSPS) is 9.73. The first-order valence-electron chi connectivity index (χ1n) is 3.48. The molecule has 0 amide bonds. The van der Waals surface area contributed by atoms with Crippen LogP contribution in [0.25, 0.3) is 0 Å². The third kappa shape index (κ3) is 1.43. The first kappa shape index (κ1) is 7.88. The van der Waals surface area contributed by atoms with E-state index in [2.05, 4.69) is 5.43 Å². The molecular formula is C8H13N3. The molecule has 0 atom stereocenters. The van der Waals surface area contributed by atoms with Crippen molar-refractivity contribution in [3.63, 3.8) is 0 Å². The van der Waals surface area contributed by atoms with Gasteiger partial charge in [-0.15, -0.1) is 0 Å². The number of nitrogen functional groups attached to an aromatic ring is 2. The van der Waals surface area contributed by atoms with Crippen LogP contribution in [-0.4, -0.2) is 0 Å². The van der Waals surface area contributed by atoms with E-state index < -0.39 is 0 Å². The number of hydrogen-bond donors (Lipinski definition) is 3. The van der Waals surface area contributed by atoms with Crippen molar-refractivity contribution in [2.75, 3.05) is 11.2 Å². The van der Waals surface area contributed by atoms with Crippen molar-refractivity contribution in [1.82, 2.24) is 0 Å². The van der Waals surface area contributed by atoms with Crippen molar-refractivity contribution in [1.29, 1.82) is 0 Å². The molecule has 60 valence electrons. The Hall–Kier alpha value is -1.22. The zero-order chi connectivity index (χ0) is 8.43. The van der Waals surface area contributed by atoms with Crippen LogP contribution in [0.2, 0.25) is 0 Å². The summed E-state index contributed by atoms with van der Waals surface area (Å²) in [6, 6.07) is 3.84. The van der Waals surface area contributed by atoms with Gasteiger partial charge in [0.1, 0.15) is 0 Å². The minimum absolute atomic E-state index is 0.690. The average Bonchev–Trinajstić information content (AvgIpc) is 1.97. The second-order valence-electron chi connectivity index (χ2n) is 2.67. The van der Waals surface area contributed by atoms with E-state index >= 15 is 0 Å². The molecule has 0 saturated carbocycles. The maximum absolute atomic E-state index is 5.66. The second kappa shape index (κ2) is 2.80. The Morgan fingerprint density at radius 2 is 1.73 bits per heavy atom. The van der Waals surface area contributed by atoms with Crippen LogP contribution in [0.4, 0.5) is 11.4 Å². The Labute approximate surface area is 66.4 Å². The fraction of sp³-hybridized carbons (Fsp3) is 0.250. The highest BCUT2D eigenvalue weighted by Gasteiger charge is 1.99. The van der Waals surface area contributed by atoms with E-state index in [1.807, 2.05) is 26.0 Å². The van der Waals surface area contributed by atoms with Gasteiger partial charge in [0.15, 0.2) is 0 Å². The Morgan fingerprint density at radius 3 is 2.27 bits per heavy atom. The molecule has 0 fully saturated rings. The monoisotopic (exact) mass is 151 g/mol. The second-order valence-corrected chi connectivity index (χ2v) is 2.67. The van der Waals surface area contributed by atoms with Gasteiger partial charge in [-0.25, -0.2) is 0 Å². The van der Waals surface area contributed by atoms with Crippen molar-refractivity contribution in [2.24, 2.45) is 5.84 Å². The summed E-state index contributed by atoms with van der Waals surface area (Å²) in [4.78, 5) is 0. The van der Waals surface area contributed by atoms with Gasteiger partial charge in [0.25, 0.3) is 0 Å². The molecule has 0 heterocycles. The fourth-order valence-electron chi connectivity index (χ4n) is 0.964. The molecule has 0 spiro atoms. The maximum Gasteiger partial charge on any atom is 0.0718 e. The van der Waals surface area contributed by atoms with Crippen LogP contribution in [0.5, 0.6) is 0 Å². The fourth-order valence-corrected chi connectivity index (χ4v) is 0.964. The predicted molar refractivity (Wildman–Crippen MR) is 48.1 cm³/mol. The summed E-state index contributed by atoms with van der Waals surface area (Å²) in [6.07, 6.45) is 0. The van der Waals surface area contributed by atoms with Gasteiger partial charge in [0.2, 0.25) is 0 Å². The Bertz CT molecular complexity index is 268. The largest absolute Gasteiger partial charge is 0.397 e. The average molecular weight is 151 g/mol. The number of aryl methyl sites for hydroxylation is 2. The van der Waals surface area contributed by atoms with Gasteiger partial charge in [-0.05, 0) is 37.1 Å². The van der Waals surface area contributed by atoms with Gasteiger partial charge in [-0.2, -0.15) is 0 Å². The molecule has 0 unspecified atom stereocenters. The quantitative estimate of drug-likeness (QED) is 0.321. The standard InChI is InChI=1S/C8H13N3/c1-5-3-7(9)8(11-10)4-6(5)2/h3-4,11H,9-10H2,1-2H3. The van der Waals surface area contributed by atoms with Crippen LogP contribution in [0.15, 0.2) is 12.1 Å². The lowest BCUT2D eigenvalue weighted by atomic mass is 10.1. The summed E-state index contributed by atoms with van der Waals surface area (Å²) in [5.74, 6) is 5.24. The topological polar surface area (TPSA) is 64.1 Å². The van der Waals surface area contributed by atoms with E-state index in [0.29, 0.717) is 5.69 Å². The Kier molecular flexibility index (Phi) is 2.01. The molecule has 3 heteroatoms. The number of hydrazine groups is 1. The smallest absolute Gasteiger partial charge is 0.0718 e. The van der Waals surface area contributed by atoms with Crippen LogP contribution < -0.4 is 17.0 Å². The van der Waals surface area contributed by atoms with Gasteiger partial charge < -0.3 is 11.2 Å². The summed E-state index contributed by atoms with van der Waals surface area (Å²) in [5.41, 5.74) is 12.0. The van der Waals surface area contributed by atoms with E-state index in [0.717, 1.165) is 5.69 Å². The van der Waals surface area contributed by atoms with Gasteiger partial charge in [-0.1, -0.05) is 0 Å². The summed E-state index contributed by atoms with van der Waals surface area (Å²) in [7, 11) is 0. The molecule has 0 radical (unpaired) electrons. The first-order chi connectivity index (χ1) is 5.15. The third-order valence-corrected chi connectivity index (χ3v) is 1.82. The molecule has 0 aromatic heterocycles. The number of benzene rings is 1. The van der Waals surface area contributed by atoms with E-state index in [4.69, 9.17) is 11.6 Å². The Balaban J connectivity index is 3.21. The highest BCUT2D eigenvalue weighted by atomic mass is 15.2. The summed E-state index contributed by atoms with van der Waals surface area (Å²) in [5, 5.41) is 0. The van der Waals surface area contributed by atoms with Gasteiger partial charge >= 0.3 is 0 Å². The molecule has 0 aliphatic carbocycles. The number of hydrogen-bond acceptors (Lipinski definition) is 3. The maximum atomic E-state index is 5.66.